The number of ether oxygens (including phenoxy) is 2. The lowest BCUT2D eigenvalue weighted by Gasteiger charge is -2.33. The lowest BCUT2D eigenvalue weighted by atomic mass is 9.95. The maximum atomic E-state index is 12.9. The molecular formula is C25H27N3O5. The van der Waals surface area contributed by atoms with E-state index in [1.54, 1.807) is 12.1 Å². The molecule has 2 aromatic rings. The second-order valence-corrected chi connectivity index (χ2v) is 7.82. The Morgan fingerprint density at radius 1 is 1.15 bits per heavy atom. The summed E-state index contributed by atoms with van der Waals surface area (Å²) in [4.78, 5) is 39.3. The minimum absolute atomic E-state index is 0.0455. The first kappa shape index (κ1) is 22.4. The predicted molar refractivity (Wildman–Crippen MR) is 121 cm³/mol. The van der Waals surface area contributed by atoms with Crippen molar-refractivity contribution in [2.75, 3.05) is 26.3 Å². The smallest absolute Gasteiger partial charge is 0.338 e. The summed E-state index contributed by atoms with van der Waals surface area (Å²) >= 11 is 0. The number of para-hydroxylation sites is 1. The Morgan fingerprint density at radius 2 is 1.91 bits per heavy atom. The Morgan fingerprint density at radius 3 is 2.70 bits per heavy atom. The number of hydrogen-bond acceptors (Lipinski definition) is 5. The summed E-state index contributed by atoms with van der Waals surface area (Å²) in [5.74, 6) is -0.214. The van der Waals surface area contributed by atoms with Crippen molar-refractivity contribution in [3.63, 3.8) is 0 Å². The third-order valence-corrected chi connectivity index (χ3v) is 5.64. The zero-order valence-electron chi connectivity index (χ0n) is 18.5. The van der Waals surface area contributed by atoms with Crippen molar-refractivity contribution in [1.82, 2.24) is 15.5 Å². The van der Waals surface area contributed by atoms with Gasteiger partial charge >= 0.3 is 12.0 Å². The largest absolute Gasteiger partial charge is 0.494 e. The van der Waals surface area contributed by atoms with Crippen molar-refractivity contribution in [3.8, 4) is 5.75 Å². The van der Waals surface area contributed by atoms with Gasteiger partial charge < -0.3 is 20.1 Å². The summed E-state index contributed by atoms with van der Waals surface area (Å²) in [6.45, 7) is 2.58. The number of carbonyl (C=O) groups excluding carboxylic acids is 3. The Labute approximate surface area is 192 Å². The van der Waals surface area contributed by atoms with Crippen LogP contribution in [0.3, 0.4) is 0 Å². The van der Waals surface area contributed by atoms with E-state index in [1.807, 2.05) is 49.4 Å². The van der Waals surface area contributed by atoms with E-state index in [2.05, 4.69) is 10.6 Å². The number of benzene rings is 2. The lowest BCUT2D eigenvalue weighted by Crippen LogP contribution is -2.50. The molecular weight excluding hydrogens is 422 g/mol. The minimum atomic E-state index is -0.699. The topological polar surface area (TPSA) is 97.0 Å². The van der Waals surface area contributed by atoms with E-state index in [1.165, 1.54) is 10.5 Å². The fourth-order valence-electron chi connectivity index (χ4n) is 4.08. The molecule has 2 aliphatic rings. The van der Waals surface area contributed by atoms with Crippen LogP contribution in [0.25, 0.3) is 0 Å². The molecule has 0 spiro atoms. The number of urea groups is 1. The van der Waals surface area contributed by atoms with Crippen molar-refractivity contribution in [2.24, 2.45) is 0 Å². The molecule has 4 rings (SSSR count). The monoisotopic (exact) mass is 449 g/mol. The molecule has 0 saturated heterocycles. The van der Waals surface area contributed by atoms with Gasteiger partial charge in [-0.2, -0.15) is 0 Å². The molecule has 172 valence electrons. The van der Waals surface area contributed by atoms with Gasteiger partial charge in [0.05, 0.1) is 23.9 Å². The van der Waals surface area contributed by atoms with Gasteiger partial charge in [-0.1, -0.05) is 48.5 Å². The van der Waals surface area contributed by atoms with E-state index in [0.717, 1.165) is 12.8 Å². The SMILES string of the molecule is CCOc1ccccc1[C@H]1NC(=O)N(CC(=O)NCCCc2ccccc2)C2=C1C(=O)OC2. The lowest BCUT2D eigenvalue weighted by molar-refractivity contribution is -0.136. The van der Waals surface area contributed by atoms with Gasteiger partial charge in [0.25, 0.3) is 0 Å². The number of esters is 1. The van der Waals surface area contributed by atoms with Crippen molar-refractivity contribution in [2.45, 2.75) is 25.8 Å². The van der Waals surface area contributed by atoms with E-state index in [9.17, 15) is 14.4 Å². The highest BCUT2D eigenvalue weighted by molar-refractivity contribution is 5.98. The molecule has 1 atom stereocenters. The van der Waals surface area contributed by atoms with Gasteiger partial charge in [-0.05, 0) is 31.4 Å². The molecule has 3 amide bonds. The highest BCUT2D eigenvalue weighted by Gasteiger charge is 2.43. The molecule has 2 heterocycles. The average Bonchev–Trinajstić information content (AvgIpc) is 3.21. The summed E-state index contributed by atoms with van der Waals surface area (Å²) in [5, 5.41) is 5.70. The number of rotatable bonds is 9. The van der Waals surface area contributed by atoms with Crippen LogP contribution in [0.2, 0.25) is 0 Å². The Balaban J connectivity index is 1.44. The van der Waals surface area contributed by atoms with Crippen LogP contribution in [-0.4, -0.2) is 49.1 Å². The summed E-state index contributed by atoms with van der Waals surface area (Å²) in [7, 11) is 0. The van der Waals surface area contributed by atoms with Crippen LogP contribution in [-0.2, 0) is 20.7 Å². The number of aryl methyl sites for hydroxylation is 1. The molecule has 0 fully saturated rings. The van der Waals surface area contributed by atoms with E-state index < -0.39 is 18.0 Å². The van der Waals surface area contributed by atoms with Gasteiger partial charge in [0.2, 0.25) is 5.91 Å². The van der Waals surface area contributed by atoms with Crippen molar-refractivity contribution < 1.29 is 23.9 Å². The summed E-state index contributed by atoms with van der Waals surface area (Å²) in [6, 6.07) is 16.1. The summed E-state index contributed by atoms with van der Waals surface area (Å²) < 4.78 is 10.9. The fourth-order valence-corrected chi connectivity index (χ4v) is 4.08. The van der Waals surface area contributed by atoms with Crippen molar-refractivity contribution in [3.05, 3.63) is 77.0 Å². The number of nitrogens with zero attached hydrogens (tertiary/aromatic N) is 1. The van der Waals surface area contributed by atoms with Gasteiger partial charge in [0.1, 0.15) is 18.9 Å². The second kappa shape index (κ2) is 10.2. The summed E-state index contributed by atoms with van der Waals surface area (Å²) in [5.41, 5.74) is 2.62. The second-order valence-electron chi connectivity index (χ2n) is 7.82. The van der Waals surface area contributed by atoms with E-state index >= 15 is 0 Å². The molecule has 0 bridgehead atoms. The number of cyclic esters (lactones) is 1. The number of hydrogen-bond donors (Lipinski definition) is 2. The van der Waals surface area contributed by atoms with Gasteiger partial charge in [-0.15, -0.1) is 0 Å². The predicted octanol–water partition coefficient (Wildman–Crippen LogP) is 2.71. The van der Waals surface area contributed by atoms with Gasteiger partial charge in [-0.3, -0.25) is 9.69 Å². The van der Waals surface area contributed by atoms with Crippen LogP contribution >= 0.6 is 0 Å². The zero-order chi connectivity index (χ0) is 23.2. The molecule has 33 heavy (non-hydrogen) atoms. The Kier molecular flexibility index (Phi) is 6.92. The van der Waals surface area contributed by atoms with Crippen LogP contribution in [0.15, 0.2) is 65.9 Å². The number of nitrogens with one attached hydrogen (secondary N) is 2. The number of carbonyl (C=O) groups is 3. The first-order valence-electron chi connectivity index (χ1n) is 11.1. The minimum Gasteiger partial charge on any atom is -0.494 e. The van der Waals surface area contributed by atoms with E-state index in [0.29, 0.717) is 35.7 Å². The molecule has 2 aliphatic heterocycles. The first-order valence-corrected chi connectivity index (χ1v) is 11.1. The molecule has 0 unspecified atom stereocenters. The van der Waals surface area contributed by atoms with Crippen molar-refractivity contribution in [1.29, 1.82) is 0 Å². The average molecular weight is 450 g/mol. The van der Waals surface area contributed by atoms with Gasteiger partial charge in [0.15, 0.2) is 0 Å². The molecule has 0 radical (unpaired) electrons. The third kappa shape index (κ3) is 5.00. The molecule has 2 aromatic carbocycles. The first-order chi connectivity index (χ1) is 16.1. The van der Waals surface area contributed by atoms with Crippen LogP contribution < -0.4 is 15.4 Å². The van der Waals surface area contributed by atoms with Gasteiger partial charge in [-0.25, -0.2) is 9.59 Å². The normalized spacial score (nSPS) is 17.4. The van der Waals surface area contributed by atoms with Crippen LogP contribution in [0.5, 0.6) is 5.75 Å². The Bertz CT molecular complexity index is 1070. The number of amides is 3. The van der Waals surface area contributed by atoms with E-state index in [-0.39, 0.29) is 19.1 Å². The van der Waals surface area contributed by atoms with E-state index in [4.69, 9.17) is 9.47 Å². The van der Waals surface area contributed by atoms with Crippen LogP contribution in [0, 0.1) is 0 Å². The third-order valence-electron chi connectivity index (χ3n) is 5.64. The highest BCUT2D eigenvalue weighted by Crippen LogP contribution is 2.38. The molecule has 2 N–H and O–H groups in total. The maximum Gasteiger partial charge on any atom is 0.338 e. The molecule has 0 saturated carbocycles. The van der Waals surface area contributed by atoms with Gasteiger partial charge in [0, 0.05) is 12.1 Å². The standard InChI is InChI=1S/C25H27N3O5/c1-2-32-20-13-7-6-12-18(20)23-22-19(16-33-24(22)30)28(25(31)27-23)15-21(29)26-14-8-11-17-9-4-3-5-10-17/h3-7,9-10,12-13,23H,2,8,11,14-16H2,1H3,(H,26,29)(H,27,31)/t23-/m1/s1. The highest BCUT2D eigenvalue weighted by atomic mass is 16.5. The maximum absolute atomic E-state index is 12.9. The molecule has 0 aromatic heterocycles. The fraction of sp³-hybridized carbons (Fsp3) is 0.320. The van der Waals surface area contributed by atoms with Crippen LogP contribution in [0.4, 0.5) is 4.79 Å². The Hall–Kier alpha value is -3.81. The quantitative estimate of drug-likeness (QED) is 0.453. The summed E-state index contributed by atoms with van der Waals surface area (Å²) in [6.07, 6.45) is 1.64. The molecule has 8 heteroatoms. The van der Waals surface area contributed by atoms with Crippen LogP contribution in [0.1, 0.15) is 30.5 Å². The zero-order valence-corrected chi connectivity index (χ0v) is 18.5. The molecule has 8 nitrogen and oxygen atoms in total. The molecule has 0 aliphatic carbocycles. The van der Waals surface area contributed by atoms with Crippen molar-refractivity contribution >= 4 is 17.9 Å².